The Kier molecular flexibility index (Phi) is 4.41. The zero-order chi connectivity index (χ0) is 24.8. The van der Waals surface area contributed by atoms with E-state index in [1.165, 1.54) is 25.3 Å². The molecule has 10 nitrogen and oxygen atoms in total. The van der Waals surface area contributed by atoms with Gasteiger partial charge in [0, 0.05) is 29.4 Å². The normalized spacial score (nSPS) is 28.9. The smallest absolute Gasteiger partial charge is 0.271 e. The first-order valence-electron chi connectivity index (χ1n) is 11.6. The van der Waals surface area contributed by atoms with Gasteiger partial charge in [-0.15, -0.1) is 0 Å². The maximum Gasteiger partial charge on any atom is 0.271 e. The molecule has 4 atom stereocenters. The molecule has 4 aliphatic heterocycles. The Morgan fingerprint density at radius 1 is 1.14 bits per heavy atom. The minimum absolute atomic E-state index is 0.0323. The average Bonchev–Trinajstić information content (AvgIpc) is 3.52. The number of nitro benzene ring substituents is 1. The Hall–Kier alpha value is -3.79. The van der Waals surface area contributed by atoms with Crippen LogP contribution in [-0.4, -0.2) is 47.2 Å². The number of amides is 3. The summed E-state index contributed by atoms with van der Waals surface area (Å²) in [5.74, 6) is -2.76. The number of benzene rings is 2. The molecular weight excluding hydrogens is 452 g/mol. The highest BCUT2D eigenvalue weighted by atomic mass is 16.6. The minimum Gasteiger partial charge on any atom is -0.495 e. The van der Waals surface area contributed by atoms with Crippen LogP contribution in [0, 0.1) is 35.8 Å². The summed E-state index contributed by atoms with van der Waals surface area (Å²) in [7, 11) is 1.38. The van der Waals surface area contributed by atoms with Gasteiger partial charge in [0.25, 0.3) is 5.69 Å². The maximum atomic E-state index is 14.1. The number of anilines is 2. The van der Waals surface area contributed by atoms with Gasteiger partial charge >= 0.3 is 0 Å². The zero-order valence-corrected chi connectivity index (χ0v) is 19.5. The lowest BCUT2D eigenvalue weighted by atomic mass is 9.75. The van der Waals surface area contributed by atoms with Crippen molar-refractivity contribution in [3.8, 4) is 5.75 Å². The van der Waals surface area contributed by atoms with E-state index in [1.54, 1.807) is 0 Å². The van der Waals surface area contributed by atoms with Gasteiger partial charge < -0.3 is 10.1 Å². The summed E-state index contributed by atoms with van der Waals surface area (Å²) in [6.07, 6.45) is 1.50. The number of hydrogen-bond donors (Lipinski definition) is 1. The number of aryl methyl sites for hydroxylation is 2. The first-order valence-corrected chi connectivity index (χ1v) is 11.6. The second kappa shape index (κ2) is 7.11. The van der Waals surface area contributed by atoms with Gasteiger partial charge in [-0.2, -0.15) is 0 Å². The predicted octanol–water partition coefficient (Wildman–Crippen LogP) is 2.65. The third-order valence-electron chi connectivity index (χ3n) is 8.06. The van der Waals surface area contributed by atoms with Crippen molar-refractivity contribution in [3.63, 3.8) is 0 Å². The van der Waals surface area contributed by atoms with Crippen LogP contribution in [0.3, 0.4) is 0 Å². The van der Waals surface area contributed by atoms with Crippen LogP contribution in [0.15, 0.2) is 30.3 Å². The monoisotopic (exact) mass is 476 g/mol. The Morgan fingerprint density at radius 3 is 2.63 bits per heavy atom. The van der Waals surface area contributed by atoms with Gasteiger partial charge in [-0.05, 0) is 44.9 Å². The lowest BCUT2D eigenvalue weighted by Crippen LogP contribution is -2.54. The molecule has 0 saturated carbocycles. The Balaban J connectivity index is 1.57. The highest BCUT2D eigenvalue weighted by molar-refractivity contribution is 6.26. The second-order valence-corrected chi connectivity index (χ2v) is 9.76. The average molecular weight is 476 g/mol. The molecule has 180 valence electrons. The van der Waals surface area contributed by atoms with Crippen molar-refractivity contribution >= 4 is 34.8 Å². The Morgan fingerprint density at radius 2 is 1.91 bits per heavy atom. The van der Waals surface area contributed by atoms with Gasteiger partial charge in [-0.1, -0.05) is 17.7 Å². The van der Waals surface area contributed by atoms with Crippen molar-refractivity contribution in [2.75, 3.05) is 23.9 Å². The SMILES string of the molecule is COc1ccc([N+](=O)[O-])cc1N1C(=O)[C@@H]2[C@@H]3CCCN3[C@]3(C(=O)Nc4c(C)cc(C)cc43)[C@H]2C1=O. The number of carbonyl (C=O) groups is 3. The number of nitrogens with one attached hydrogen (secondary N) is 1. The van der Waals surface area contributed by atoms with E-state index in [-0.39, 0.29) is 29.1 Å². The van der Waals surface area contributed by atoms with Crippen LogP contribution in [0.25, 0.3) is 0 Å². The molecule has 2 aromatic rings. The summed E-state index contributed by atoms with van der Waals surface area (Å²) in [4.78, 5) is 55.8. The minimum atomic E-state index is -1.30. The van der Waals surface area contributed by atoms with E-state index in [1.807, 2.05) is 26.0 Å². The lowest BCUT2D eigenvalue weighted by molar-refractivity contribution is -0.384. The van der Waals surface area contributed by atoms with Crippen molar-refractivity contribution in [3.05, 3.63) is 57.1 Å². The van der Waals surface area contributed by atoms with Crippen LogP contribution in [0.5, 0.6) is 5.75 Å². The number of imide groups is 1. The lowest BCUT2D eigenvalue weighted by Gasteiger charge is -2.37. The van der Waals surface area contributed by atoms with Gasteiger partial charge in [-0.25, -0.2) is 4.90 Å². The molecule has 0 unspecified atom stereocenters. The number of fused-ring (bicyclic) bond motifs is 7. The molecule has 4 aliphatic rings. The maximum absolute atomic E-state index is 14.1. The van der Waals surface area contributed by atoms with E-state index in [2.05, 4.69) is 10.2 Å². The van der Waals surface area contributed by atoms with Gasteiger partial charge in [0.1, 0.15) is 17.0 Å². The molecule has 3 saturated heterocycles. The van der Waals surface area contributed by atoms with Crippen molar-refractivity contribution in [2.24, 2.45) is 11.8 Å². The third-order valence-corrected chi connectivity index (χ3v) is 8.06. The number of ether oxygens (including phenoxy) is 1. The van der Waals surface area contributed by atoms with E-state index in [4.69, 9.17) is 4.74 Å². The quantitative estimate of drug-likeness (QED) is 0.411. The molecule has 0 radical (unpaired) electrons. The fourth-order valence-corrected chi connectivity index (χ4v) is 6.86. The highest BCUT2D eigenvalue weighted by Crippen LogP contribution is 2.61. The molecule has 3 amide bonds. The molecule has 10 heteroatoms. The number of nitro groups is 1. The summed E-state index contributed by atoms with van der Waals surface area (Å²) in [6.45, 7) is 4.47. The molecule has 35 heavy (non-hydrogen) atoms. The van der Waals surface area contributed by atoms with E-state index >= 15 is 0 Å². The van der Waals surface area contributed by atoms with Gasteiger partial charge in [-0.3, -0.25) is 29.4 Å². The molecular formula is C25H24N4O6. The van der Waals surface area contributed by atoms with Crippen molar-refractivity contribution in [2.45, 2.75) is 38.3 Å². The fourth-order valence-electron chi connectivity index (χ4n) is 6.86. The van der Waals surface area contributed by atoms with E-state index in [9.17, 15) is 24.5 Å². The Bertz CT molecular complexity index is 1360. The fraction of sp³-hybridized carbons (Fsp3) is 0.400. The molecule has 0 bridgehead atoms. The van der Waals surface area contributed by atoms with Crippen molar-refractivity contribution < 1.29 is 24.0 Å². The molecule has 0 aliphatic carbocycles. The summed E-state index contributed by atoms with van der Waals surface area (Å²) in [5.41, 5.74) is 1.76. The van der Waals surface area contributed by atoms with Gasteiger partial charge in [0.05, 0.1) is 23.9 Å². The van der Waals surface area contributed by atoms with Crippen LogP contribution < -0.4 is 15.0 Å². The molecule has 4 heterocycles. The summed E-state index contributed by atoms with van der Waals surface area (Å²) in [6, 6.07) is 7.47. The number of hydrogen-bond acceptors (Lipinski definition) is 7. The number of nitrogens with zero attached hydrogens (tertiary/aromatic N) is 3. The first kappa shape index (κ1) is 21.7. The molecule has 2 aromatic carbocycles. The second-order valence-electron chi connectivity index (χ2n) is 9.76. The summed E-state index contributed by atoms with van der Waals surface area (Å²) >= 11 is 0. The number of methoxy groups -OCH3 is 1. The number of non-ortho nitro benzene ring substituents is 1. The van der Waals surface area contributed by atoms with Crippen LogP contribution in [0.4, 0.5) is 17.1 Å². The van der Waals surface area contributed by atoms with Crippen LogP contribution in [-0.2, 0) is 19.9 Å². The topological polar surface area (TPSA) is 122 Å². The van der Waals surface area contributed by atoms with E-state index in [0.29, 0.717) is 18.7 Å². The van der Waals surface area contributed by atoms with Crippen LogP contribution >= 0.6 is 0 Å². The Labute approximate surface area is 201 Å². The third kappa shape index (κ3) is 2.54. The van der Waals surface area contributed by atoms with Crippen molar-refractivity contribution in [1.82, 2.24) is 4.90 Å². The number of carbonyl (C=O) groups excluding carboxylic acids is 3. The molecule has 1 N–H and O–H groups in total. The predicted molar refractivity (Wildman–Crippen MR) is 125 cm³/mol. The highest BCUT2D eigenvalue weighted by Gasteiger charge is 2.75. The van der Waals surface area contributed by atoms with Crippen LogP contribution in [0.2, 0.25) is 0 Å². The molecule has 0 aromatic heterocycles. The molecule has 6 rings (SSSR count). The standard InChI is InChI=1S/C25H24N4O6/c1-12-9-13(2)21-15(10-12)25(24(32)26-21)20-19(16-5-4-8-27(16)25)22(30)28(23(20)31)17-11-14(29(33)34)6-7-18(17)35-3/h6-7,9-11,16,19-20H,4-5,8H2,1-3H3,(H,26,32)/t16-,19+,20+,25-/m0/s1. The molecule has 3 fully saturated rings. The van der Waals surface area contributed by atoms with Crippen molar-refractivity contribution in [1.29, 1.82) is 0 Å². The zero-order valence-electron chi connectivity index (χ0n) is 19.5. The van der Waals surface area contributed by atoms with Gasteiger partial charge in [0.2, 0.25) is 17.7 Å². The largest absolute Gasteiger partial charge is 0.495 e. The van der Waals surface area contributed by atoms with E-state index in [0.717, 1.165) is 28.0 Å². The summed E-state index contributed by atoms with van der Waals surface area (Å²) < 4.78 is 5.37. The first-order chi connectivity index (χ1) is 16.7. The van der Waals surface area contributed by atoms with Crippen LogP contribution in [0.1, 0.15) is 29.5 Å². The number of rotatable bonds is 3. The van der Waals surface area contributed by atoms with Gasteiger partial charge in [0.15, 0.2) is 0 Å². The van der Waals surface area contributed by atoms with E-state index < -0.39 is 34.1 Å². The summed E-state index contributed by atoms with van der Waals surface area (Å²) in [5, 5.41) is 14.5. The molecule has 1 spiro atoms.